The molecule has 2 atom stereocenters. The molecule has 0 spiro atoms. The Bertz CT molecular complexity index is 256. The lowest BCUT2D eigenvalue weighted by molar-refractivity contribution is 0.388. The van der Waals surface area contributed by atoms with E-state index in [0.717, 1.165) is 0 Å². The van der Waals surface area contributed by atoms with Crippen LogP contribution in [0.3, 0.4) is 0 Å². The fraction of sp³-hybridized carbons (Fsp3) is 0.583. The van der Waals surface area contributed by atoms with Gasteiger partial charge in [0, 0.05) is 24.5 Å². The second-order valence-corrected chi connectivity index (χ2v) is 4.21. The molecule has 0 amide bonds. The van der Waals surface area contributed by atoms with Gasteiger partial charge in [0.05, 0.1) is 0 Å². The summed E-state index contributed by atoms with van der Waals surface area (Å²) < 4.78 is 0. The largest absolute Gasteiger partial charge is 0.307 e. The van der Waals surface area contributed by atoms with Crippen molar-refractivity contribution in [1.29, 1.82) is 0 Å². The molecular formula is C12H20N2. The van der Waals surface area contributed by atoms with E-state index in [1.165, 1.54) is 5.56 Å². The van der Waals surface area contributed by atoms with E-state index in [1.54, 1.807) is 0 Å². The zero-order valence-corrected chi connectivity index (χ0v) is 9.49. The van der Waals surface area contributed by atoms with Crippen LogP contribution in [-0.4, -0.2) is 11.0 Å². The third-order valence-corrected chi connectivity index (χ3v) is 2.70. The third-order valence-electron chi connectivity index (χ3n) is 2.70. The van der Waals surface area contributed by atoms with Gasteiger partial charge in [0.1, 0.15) is 0 Å². The number of nitrogens with one attached hydrogen (secondary N) is 1. The van der Waals surface area contributed by atoms with Gasteiger partial charge in [-0.25, -0.2) is 0 Å². The molecule has 14 heavy (non-hydrogen) atoms. The monoisotopic (exact) mass is 192 g/mol. The van der Waals surface area contributed by atoms with E-state index in [2.05, 4.69) is 44.1 Å². The molecule has 1 N–H and O–H groups in total. The number of aromatic nitrogens is 1. The molecule has 0 bridgehead atoms. The van der Waals surface area contributed by atoms with E-state index in [4.69, 9.17) is 0 Å². The summed E-state index contributed by atoms with van der Waals surface area (Å²) in [5, 5.41) is 3.56. The molecule has 0 aliphatic heterocycles. The lowest BCUT2D eigenvalue weighted by atomic mass is 10.0. The van der Waals surface area contributed by atoms with E-state index in [0.29, 0.717) is 18.0 Å². The van der Waals surface area contributed by atoms with E-state index >= 15 is 0 Å². The van der Waals surface area contributed by atoms with Crippen LogP contribution in [0.2, 0.25) is 0 Å². The predicted molar refractivity (Wildman–Crippen MR) is 60.1 cm³/mol. The molecule has 1 aromatic rings. The highest BCUT2D eigenvalue weighted by atomic mass is 14.9. The Labute approximate surface area is 86.8 Å². The fourth-order valence-corrected chi connectivity index (χ4v) is 1.32. The van der Waals surface area contributed by atoms with Gasteiger partial charge in [0.25, 0.3) is 0 Å². The maximum absolute atomic E-state index is 4.12. The summed E-state index contributed by atoms with van der Waals surface area (Å²) in [5.74, 6) is 0.661. The minimum Gasteiger partial charge on any atom is -0.307 e. The van der Waals surface area contributed by atoms with Gasteiger partial charge in [-0.1, -0.05) is 19.9 Å². The fourth-order valence-electron chi connectivity index (χ4n) is 1.32. The molecule has 78 valence electrons. The minimum atomic E-state index is 0.376. The summed E-state index contributed by atoms with van der Waals surface area (Å²) in [7, 11) is 0. The Morgan fingerprint density at radius 3 is 2.43 bits per heavy atom. The van der Waals surface area contributed by atoms with Gasteiger partial charge in [-0.15, -0.1) is 0 Å². The van der Waals surface area contributed by atoms with Gasteiger partial charge >= 0.3 is 0 Å². The van der Waals surface area contributed by atoms with E-state index in [1.807, 2.05) is 18.5 Å². The highest BCUT2D eigenvalue weighted by Gasteiger charge is 2.11. The van der Waals surface area contributed by atoms with Gasteiger partial charge in [0.15, 0.2) is 0 Å². The Morgan fingerprint density at radius 1 is 1.21 bits per heavy atom. The van der Waals surface area contributed by atoms with Crippen molar-refractivity contribution in [3.05, 3.63) is 30.1 Å². The number of hydrogen-bond acceptors (Lipinski definition) is 2. The lowest BCUT2D eigenvalue weighted by Crippen LogP contribution is -2.32. The van der Waals surface area contributed by atoms with Crippen LogP contribution < -0.4 is 5.32 Å². The number of pyridine rings is 1. The van der Waals surface area contributed by atoms with Crippen LogP contribution in [0.25, 0.3) is 0 Å². The van der Waals surface area contributed by atoms with Crippen molar-refractivity contribution in [2.45, 2.75) is 39.8 Å². The Hall–Kier alpha value is -0.890. The Morgan fingerprint density at radius 2 is 1.93 bits per heavy atom. The summed E-state index contributed by atoms with van der Waals surface area (Å²) in [5.41, 5.74) is 1.25. The summed E-state index contributed by atoms with van der Waals surface area (Å²) in [6.45, 7) is 8.86. The van der Waals surface area contributed by atoms with Crippen molar-refractivity contribution in [2.75, 3.05) is 0 Å². The van der Waals surface area contributed by atoms with Crippen LogP contribution in [0, 0.1) is 5.92 Å². The number of nitrogens with zero attached hydrogens (tertiary/aromatic N) is 1. The molecule has 0 radical (unpaired) electrons. The average Bonchev–Trinajstić information content (AvgIpc) is 2.19. The number of hydrogen-bond donors (Lipinski definition) is 1. The first kappa shape index (κ1) is 11.2. The Balaban J connectivity index is 2.55. The first-order valence-corrected chi connectivity index (χ1v) is 5.27. The van der Waals surface area contributed by atoms with Crippen LogP contribution in [-0.2, 0) is 0 Å². The first-order valence-electron chi connectivity index (χ1n) is 5.27. The second kappa shape index (κ2) is 5.11. The topological polar surface area (TPSA) is 24.9 Å². The summed E-state index contributed by atoms with van der Waals surface area (Å²) in [6.07, 6.45) is 3.73. The molecule has 1 rings (SSSR count). The molecule has 0 aliphatic rings. The van der Waals surface area contributed by atoms with Crippen molar-refractivity contribution < 1.29 is 0 Å². The van der Waals surface area contributed by atoms with Gasteiger partial charge < -0.3 is 5.32 Å². The Kier molecular flexibility index (Phi) is 4.08. The van der Waals surface area contributed by atoms with Crippen molar-refractivity contribution in [3.8, 4) is 0 Å². The summed E-state index contributed by atoms with van der Waals surface area (Å²) in [4.78, 5) is 4.12. The quantitative estimate of drug-likeness (QED) is 0.793. The van der Waals surface area contributed by atoms with E-state index < -0.39 is 0 Å². The van der Waals surface area contributed by atoms with Gasteiger partial charge in [-0.2, -0.15) is 0 Å². The highest BCUT2D eigenvalue weighted by Crippen LogP contribution is 2.12. The van der Waals surface area contributed by atoms with Gasteiger partial charge in [0.2, 0.25) is 0 Å². The second-order valence-electron chi connectivity index (χ2n) is 4.21. The van der Waals surface area contributed by atoms with Crippen molar-refractivity contribution in [3.63, 3.8) is 0 Å². The molecule has 0 saturated heterocycles. The standard InChI is InChI=1S/C12H20N2/c1-9(2)10(3)14-11(4)12-6-5-7-13-8-12/h5-11,14H,1-4H3/t10-,11+/m1/s1. The maximum atomic E-state index is 4.12. The number of rotatable bonds is 4. The SMILES string of the molecule is CC(C)[C@@H](C)N[C@@H](C)c1cccnc1. The molecule has 0 aliphatic carbocycles. The van der Waals surface area contributed by atoms with Crippen molar-refractivity contribution in [1.82, 2.24) is 10.3 Å². The first-order chi connectivity index (χ1) is 6.61. The molecule has 1 heterocycles. The van der Waals surface area contributed by atoms with Crippen molar-refractivity contribution in [2.24, 2.45) is 5.92 Å². The van der Waals surface area contributed by atoms with E-state index in [9.17, 15) is 0 Å². The highest BCUT2D eigenvalue weighted by molar-refractivity contribution is 5.12. The van der Waals surface area contributed by atoms with Gasteiger partial charge in [-0.05, 0) is 31.4 Å². The molecule has 0 aromatic carbocycles. The summed E-state index contributed by atoms with van der Waals surface area (Å²) >= 11 is 0. The zero-order valence-electron chi connectivity index (χ0n) is 9.49. The molecule has 2 nitrogen and oxygen atoms in total. The maximum Gasteiger partial charge on any atom is 0.0315 e. The minimum absolute atomic E-state index is 0.376. The lowest BCUT2D eigenvalue weighted by Gasteiger charge is -2.22. The van der Waals surface area contributed by atoms with Crippen LogP contribution in [0.1, 0.15) is 39.3 Å². The summed E-state index contributed by atoms with van der Waals surface area (Å²) in [6, 6.07) is 5.00. The van der Waals surface area contributed by atoms with Crippen LogP contribution in [0.15, 0.2) is 24.5 Å². The van der Waals surface area contributed by atoms with Crippen LogP contribution in [0.5, 0.6) is 0 Å². The predicted octanol–water partition coefficient (Wildman–Crippen LogP) is 2.78. The molecule has 0 saturated carbocycles. The van der Waals surface area contributed by atoms with Crippen LogP contribution >= 0.6 is 0 Å². The molecule has 0 unspecified atom stereocenters. The normalized spacial score (nSPS) is 15.5. The zero-order chi connectivity index (χ0) is 10.6. The van der Waals surface area contributed by atoms with Crippen LogP contribution in [0.4, 0.5) is 0 Å². The molecular weight excluding hydrogens is 172 g/mol. The molecule has 2 heteroatoms. The third kappa shape index (κ3) is 3.11. The molecule has 1 aromatic heterocycles. The average molecular weight is 192 g/mol. The van der Waals surface area contributed by atoms with Gasteiger partial charge in [-0.3, -0.25) is 4.98 Å². The van der Waals surface area contributed by atoms with E-state index in [-0.39, 0.29) is 0 Å². The molecule has 0 fully saturated rings. The smallest absolute Gasteiger partial charge is 0.0315 e. The van der Waals surface area contributed by atoms with Crippen molar-refractivity contribution >= 4 is 0 Å².